The van der Waals surface area contributed by atoms with Gasteiger partial charge in [0.2, 0.25) is 0 Å². The molecule has 2 bridgehead atoms. The number of hydrogen-bond donors (Lipinski definition) is 1. The van der Waals surface area contributed by atoms with Crippen molar-refractivity contribution in [1.82, 2.24) is 10.2 Å². The zero-order valence-electron chi connectivity index (χ0n) is 14.7. The molecule has 1 aromatic carbocycles. The van der Waals surface area contributed by atoms with E-state index in [1.54, 1.807) is 13.2 Å². The second-order valence-corrected chi connectivity index (χ2v) is 6.98. The third-order valence-corrected chi connectivity index (χ3v) is 5.68. The number of rotatable bonds is 4. The summed E-state index contributed by atoms with van der Waals surface area (Å²) in [6, 6.07) is 11.8. The van der Waals surface area contributed by atoms with Crippen LogP contribution < -0.4 is 10.1 Å². The van der Waals surface area contributed by atoms with Crippen LogP contribution in [0.25, 0.3) is 11.3 Å². The maximum Gasteiger partial charge on any atom is 0.287 e. The van der Waals surface area contributed by atoms with Crippen molar-refractivity contribution < 1.29 is 13.9 Å². The molecule has 5 nitrogen and oxygen atoms in total. The fourth-order valence-corrected chi connectivity index (χ4v) is 4.22. The molecular weight excluding hydrogens is 316 g/mol. The summed E-state index contributed by atoms with van der Waals surface area (Å²) in [5.74, 6) is 2.17. The van der Waals surface area contributed by atoms with Gasteiger partial charge in [-0.25, -0.2) is 0 Å². The zero-order chi connectivity index (χ0) is 17.4. The molecule has 1 amide bonds. The number of fused-ring (bicyclic) bond motifs is 3. The first-order valence-corrected chi connectivity index (χ1v) is 8.95. The van der Waals surface area contributed by atoms with Crippen LogP contribution in [0, 0.1) is 5.92 Å². The number of hydrogen-bond acceptors (Lipinski definition) is 4. The van der Waals surface area contributed by atoms with Crippen LogP contribution >= 0.6 is 0 Å². The first-order chi connectivity index (χ1) is 12.2. The number of nitrogens with one attached hydrogen (secondary N) is 1. The molecule has 132 valence electrons. The van der Waals surface area contributed by atoms with Gasteiger partial charge in [0.15, 0.2) is 5.76 Å². The molecule has 1 aromatic heterocycles. The van der Waals surface area contributed by atoms with E-state index >= 15 is 0 Å². The molecule has 3 aliphatic rings. The second-order valence-electron chi connectivity index (χ2n) is 6.98. The number of carbonyl (C=O) groups excluding carboxylic acids is 1. The minimum absolute atomic E-state index is 0.133. The van der Waals surface area contributed by atoms with Gasteiger partial charge in [-0.3, -0.25) is 9.69 Å². The number of para-hydroxylation sites is 1. The van der Waals surface area contributed by atoms with Gasteiger partial charge in [-0.05, 0) is 63.0 Å². The molecule has 0 saturated carbocycles. The van der Waals surface area contributed by atoms with E-state index in [0.29, 0.717) is 23.5 Å². The van der Waals surface area contributed by atoms with Crippen LogP contribution in [0.1, 0.15) is 30.3 Å². The average molecular weight is 340 g/mol. The lowest BCUT2D eigenvalue weighted by molar-refractivity contribution is 0.0211. The van der Waals surface area contributed by atoms with Crippen molar-refractivity contribution in [3.05, 3.63) is 42.2 Å². The summed E-state index contributed by atoms with van der Waals surface area (Å²) in [5.41, 5.74) is 0.847. The minimum atomic E-state index is -0.133. The van der Waals surface area contributed by atoms with Gasteiger partial charge in [-0.1, -0.05) is 12.1 Å². The van der Waals surface area contributed by atoms with E-state index in [0.717, 1.165) is 24.4 Å². The predicted molar refractivity (Wildman–Crippen MR) is 95.7 cm³/mol. The monoisotopic (exact) mass is 340 g/mol. The Morgan fingerprint density at radius 1 is 1.20 bits per heavy atom. The molecule has 3 saturated heterocycles. The van der Waals surface area contributed by atoms with Gasteiger partial charge in [0.25, 0.3) is 5.91 Å². The standard InChI is InChI=1S/C20H24N2O3/c1-13-19(14-9-11-22(13)12-10-14)21-20(23)18-8-7-17(25-18)15-5-3-4-6-16(15)24-2/h3-8,13-14,19H,9-12H2,1-2H3,(H,21,23)/t13-,19-/m0/s1. The van der Waals surface area contributed by atoms with Crippen LogP contribution in [0.5, 0.6) is 5.75 Å². The van der Waals surface area contributed by atoms with Crippen molar-refractivity contribution in [3.63, 3.8) is 0 Å². The Morgan fingerprint density at radius 2 is 1.96 bits per heavy atom. The van der Waals surface area contributed by atoms with Crippen LogP contribution in [0.4, 0.5) is 0 Å². The molecule has 3 fully saturated rings. The SMILES string of the molecule is COc1ccccc1-c1ccc(C(=O)N[C@@H]2C3CCN(CC3)[C@H]2C)o1. The van der Waals surface area contributed by atoms with E-state index in [4.69, 9.17) is 9.15 Å². The summed E-state index contributed by atoms with van der Waals surface area (Å²) in [6.45, 7) is 4.51. The van der Waals surface area contributed by atoms with Crippen LogP contribution in [0.15, 0.2) is 40.8 Å². The van der Waals surface area contributed by atoms with E-state index < -0.39 is 0 Å². The minimum Gasteiger partial charge on any atom is -0.496 e. The smallest absolute Gasteiger partial charge is 0.287 e. The van der Waals surface area contributed by atoms with Crippen LogP contribution in [-0.2, 0) is 0 Å². The predicted octanol–water partition coefficient (Wildman–Crippen LogP) is 3.17. The highest BCUT2D eigenvalue weighted by Gasteiger charge is 2.40. The third kappa shape index (κ3) is 2.93. The molecular formula is C20H24N2O3. The molecule has 1 N–H and O–H groups in total. The number of nitrogens with zero attached hydrogens (tertiary/aromatic N) is 1. The number of benzene rings is 1. The summed E-state index contributed by atoms with van der Waals surface area (Å²) in [6.07, 6.45) is 2.33. The lowest BCUT2D eigenvalue weighted by Crippen LogP contribution is -2.62. The fraction of sp³-hybridized carbons (Fsp3) is 0.450. The first-order valence-electron chi connectivity index (χ1n) is 8.95. The van der Waals surface area contributed by atoms with Crippen molar-refractivity contribution >= 4 is 5.91 Å². The topological polar surface area (TPSA) is 54.7 Å². The van der Waals surface area contributed by atoms with Crippen LogP contribution in [0.2, 0.25) is 0 Å². The number of piperidine rings is 3. The highest BCUT2D eigenvalue weighted by molar-refractivity contribution is 5.92. The largest absolute Gasteiger partial charge is 0.496 e. The number of furan rings is 1. The third-order valence-electron chi connectivity index (χ3n) is 5.68. The van der Waals surface area contributed by atoms with E-state index in [-0.39, 0.29) is 11.9 Å². The molecule has 0 radical (unpaired) electrons. The van der Waals surface area contributed by atoms with Crippen LogP contribution in [0.3, 0.4) is 0 Å². The van der Waals surface area contributed by atoms with Crippen molar-refractivity contribution in [2.24, 2.45) is 5.92 Å². The maximum atomic E-state index is 12.7. The van der Waals surface area contributed by atoms with Gasteiger partial charge in [0.1, 0.15) is 11.5 Å². The number of ether oxygens (including phenoxy) is 1. The molecule has 25 heavy (non-hydrogen) atoms. The molecule has 2 aromatic rings. The molecule has 4 heterocycles. The molecule has 0 spiro atoms. The van der Waals surface area contributed by atoms with Crippen molar-refractivity contribution in [1.29, 1.82) is 0 Å². The van der Waals surface area contributed by atoms with Gasteiger partial charge in [0, 0.05) is 12.1 Å². The summed E-state index contributed by atoms with van der Waals surface area (Å²) in [7, 11) is 1.63. The lowest BCUT2D eigenvalue weighted by Gasteiger charge is -2.49. The Morgan fingerprint density at radius 3 is 2.68 bits per heavy atom. The Balaban J connectivity index is 1.51. The van der Waals surface area contributed by atoms with Crippen molar-refractivity contribution in [3.8, 4) is 17.1 Å². The highest BCUT2D eigenvalue weighted by atomic mass is 16.5. The molecule has 0 aliphatic carbocycles. The Kier molecular flexibility index (Phi) is 4.25. The fourth-order valence-electron chi connectivity index (χ4n) is 4.22. The zero-order valence-corrected chi connectivity index (χ0v) is 14.7. The maximum absolute atomic E-state index is 12.7. The number of carbonyl (C=O) groups is 1. The summed E-state index contributed by atoms with van der Waals surface area (Å²) in [5, 5.41) is 3.20. The molecule has 0 unspecified atom stereocenters. The van der Waals surface area contributed by atoms with Gasteiger partial charge >= 0.3 is 0 Å². The average Bonchev–Trinajstić information content (AvgIpc) is 3.15. The number of methoxy groups -OCH3 is 1. The van der Waals surface area contributed by atoms with Gasteiger partial charge in [-0.2, -0.15) is 0 Å². The lowest BCUT2D eigenvalue weighted by atomic mass is 9.79. The molecule has 5 rings (SSSR count). The quantitative estimate of drug-likeness (QED) is 0.929. The summed E-state index contributed by atoms with van der Waals surface area (Å²) < 4.78 is 11.2. The van der Waals surface area contributed by atoms with E-state index in [9.17, 15) is 4.79 Å². The van der Waals surface area contributed by atoms with Crippen LogP contribution in [-0.4, -0.2) is 43.1 Å². The summed E-state index contributed by atoms with van der Waals surface area (Å²) >= 11 is 0. The molecule has 5 heteroatoms. The van der Waals surface area contributed by atoms with Gasteiger partial charge in [-0.15, -0.1) is 0 Å². The molecule has 2 atom stereocenters. The summed E-state index contributed by atoms with van der Waals surface area (Å²) in [4.78, 5) is 15.1. The Hall–Kier alpha value is -2.27. The highest BCUT2D eigenvalue weighted by Crippen LogP contribution is 2.33. The normalized spacial score (nSPS) is 27.9. The van der Waals surface area contributed by atoms with Crippen molar-refractivity contribution in [2.75, 3.05) is 20.2 Å². The van der Waals surface area contributed by atoms with Crippen molar-refractivity contribution in [2.45, 2.75) is 31.8 Å². The molecule has 3 aliphatic heterocycles. The second kappa shape index (κ2) is 6.56. The van der Waals surface area contributed by atoms with E-state index in [1.807, 2.05) is 30.3 Å². The Labute approximate surface area is 148 Å². The van der Waals surface area contributed by atoms with Gasteiger partial charge in [0.05, 0.1) is 12.7 Å². The van der Waals surface area contributed by atoms with Gasteiger partial charge < -0.3 is 14.5 Å². The van der Waals surface area contributed by atoms with E-state index in [2.05, 4.69) is 17.1 Å². The first kappa shape index (κ1) is 16.2. The van der Waals surface area contributed by atoms with E-state index in [1.165, 1.54) is 12.8 Å². The Bertz CT molecular complexity index is 760. The number of amides is 1.